The number of rotatable bonds is 7. The Morgan fingerprint density at radius 2 is 1.80 bits per heavy atom. The van der Waals surface area contributed by atoms with Crippen LogP contribution in [-0.2, 0) is 0 Å². The molecule has 1 unspecified atom stereocenters. The van der Waals surface area contributed by atoms with Crippen LogP contribution in [0.3, 0.4) is 0 Å². The summed E-state index contributed by atoms with van der Waals surface area (Å²) in [6, 6.07) is 18.8. The maximum atomic E-state index is 13.7. The van der Waals surface area contributed by atoms with Crippen molar-refractivity contribution in [1.82, 2.24) is 0 Å². The lowest BCUT2D eigenvalue weighted by atomic mass is 9.98. The number of fused-ring (bicyclic) bond motifs is 2. The molecule has 5 rings (SSSR count). The van der Waals surface area contributed by atoms with Crippen molar-refractivity contribution in [3.05, 3.63) is 98.9 Å². The van der Waals surface area contributed by atoms with E-state index >= 15 is 0 Å². The molecule has 0 saturated heterocycles. The smallest absolute Gasteiger partial charge is 0.295 e. The molecule has 3 aromatic carbocycles. The summed E-state index contributed by atoms with van der Waals surface area (Å²) < 4.78 is 17.1. The van der Waals surface area contributed by atoms with Gasteiger partial charge in [0.05, 0.1) is 35.7 Å². The number of hydrogen-bond acceptors (Lipinski definition) is 5. The van der Waals surface area contributed by atoms with Crippen molar-refractivity contribution >= 4 is 34.2 Å². The summed E-state index contributed by atoms with van der Waals surface area (Å²) in [7, 11) is 1.53. The summed E-state index contributed by atoms with van der Waals surface area (Å²) in [4.78, 5) is 28.9. The van der Waals surface area contributed by atoms with Crippen LogP contribution in [0.15, 0.2) is 75.9 Å². The average molecular weight is 490 g/mol. The average Bonchev–Trinajstić information content (AvgIpc) is 3.17. The monoisotopic (exact) mass is 489 g/mol. The minimum Gasteiger partial charge on any atom is -0.495 e. The number of anilines is 1. The van der Waals surface area contributed by atoms with E-state index in [-0.39, 0.29) is 11.2 Å². The number of carbonyl (C=O) groups is 1. The van der Waals surface area contributed by atoms with Gasteiger partial charge >= 0.3 is 0 Å². The van der Waals surface area contributed by atoms with Gasteiger partial charge in [0.25, 0.3) is 5.91 Å². The summed E-state index contributed by atoms with van der Waals surface area (Å²) in [5.74, 6) is 0.854. The predicted molar refractivity (Wildman–Crippen MR) is 136 cm³/mol. The Labute approximate surface area is 207 Å². The highest BCUT2D eigenvalue weighted by molar-refractivity contribution is 6.32. The highest BCUT2D eigenvalue weighted by atomic mass is 35.5. The highest BCUT2D eigenvalue weighted by Gasteiger charge is 2.43. The van der Waals surface area contributed by atoms with Crippen LogP contribution in [0.5, 0.6) is 11.5 Å². The van der Waals surface area contributed by atoms with E-state index in [9.17, 15) is 9.59 Å². The van der Waals surface area contributed by atoms with E-state index in [0.29, 0.717) is 39.6 Å². The van der Waals surface area contributed by atoms with Gasteiger partial charge in [0.1, 0.15) is 17.1 Å². The van der Waals surface area contributed by atoms with Gasteiger partial charge in [-0.1, -0.05) is 49.2 Å². The summed E-state index contributed by atoms with van der Waals surface area (Å²) in [6.45, 7) is 2.74. The first kappa shape index (κ1) is 23.0. The van der Waals surface area contributed by atoms with Crippen molar-refractivity contribution in [2.24, 2.45) is 0 Å². The fraction of sp³-hybridized carbons (Fsp3) is 0.214. The molecule has 0 bridgehead atoms. The van der Waals surface area contributed by atoms with Gasteiger partial charge in [0.2, 0.25) is 5.76 Å². The van der Waals surface area contributed by atoms with Gasteiger partial charge in [-0.25, -0.2) is 0 Å². The Hall–Kier alpha value is -3.77. The number of para-hydroxylation sites is 1. The van der Waals surface area contributed by atoms with Gasteiger partial charge in [0.15, 0.2) is 5.43 Å². The number of halogens is 1. The molecule has 178 valence electrons. The van der Waals surface area contributed by atoms with E-state index in [4.69, 9.17) is 25.5 Å². The molecular weight excluding hydrogens is 466 g/mol. The fourth-order valence-corrected chi connectivity index (χ4v) is 4.64. The van der Waals surface area contributed by atoms with Crippen molar-refractivity contribution < 1.29 is 18.7 Å². The Bertz CT molecular complexity index is 1460. The van der Waals surface area contributed by atoms with E-state index in [1.54, 1.807) is 47.4 Å². The van der Waals surface area contributed by atoms with Crippen LogP contribution in [0.2, 0.25) is 5.02 Å². The molecule has 0 saturated carbocycles. The van der Waals surface area contributed by atoms with Crippen LogP contribution >= 0.6 is 11.6 Å². The first-order chi connectivity index (χ1) is 17.0. The number of methoxy groups -OCH3 is 1. The van der Waals surface area contributed by atoms with Gasteiger partial charge in [0, 0.05) is 5.69 Å². The Balaban J connectivity index is 1.66. The van der Waals surface area contributed by atoms with Crippen LogP contribution < -0.4 is 19.8 Å². The molecule has 0 radical (unpaired) electrons. The van der Waals surface area contributed by atoms with Crippen LogP contribution in [0.25, 0.3) is 11.0 Å². The number of benzene rings is 3. The maximum Gasteiger partial charge on any atom is 0.295 e. The molecule has 1 aliphatic rings. The van der Waals surface area contributed by atoms with Gasteiger partial charge < -0.3 is 13.9 Å². The molecule has 1 amide bonds. The molecule has 4 aromatic rings. The molecule has 1 aliphatic heterocycles. The van der Waals surface area contributed by atoms with E-state index in [0.717, 1.165) is 24.2 Å². The second kappa shape index (κ2) is 9.47. The van der Waals surface area contributed by atoms with Crippen molar-refractivity contribution in [3.8, 4) is 11.5 Å². The second-order valence-electron chi connectivity index (χ2n) is 8.34. The zero-order valence-electron chi connectivity index (χ0n) is 19.4. The van der Waals surface area contributed by atoms with Crippen LogP contribution in [0.1, 0.15) is 47.5 Å². The SMILES string of the molecule is CCCCOc1ccc(C2c3c(oc4ccccc4c3=O)C(=O)N2c2ccc(OC)c(Cl)c2)cc1. The molecule has 0 N–H and O–H groups in total. The first-order valence-electron chi connectivity index (χ1n) is 11.5. The molecule has 0 aliphatic carbocycles. The minimum absolute atomic E-state index is 0.0360. The third-order valence-corrected chi connectivity index (χ3v) is 6.45. The third-order valence-electron chi connectivity index (χ3n) is 6.15. The maximum absolute atomic E-state index is 13.7. The number of ether oxygens (including phenoxy) is 2. The lowest BCUT2D eigenvalue weighted by Gasteiger charge is -2.26. The lowest BCUT2D eigenvalue weighted by Crippen LogP contribution is -2.29. The Morgan fingerprint density at radius 3 is 2.51 bits per heavy atom. The predicted octanol–water partition coefficient (Wildman–Crippen LogP) is 6.38. The van der Waals surface area contributed by atoms with Crippen molar-refractivity contribution in [1.29, 1.82) is 0 Å². The number of hydrogen-bond donors (Lipinski definition) is 0. The van der Waals surface area contributed by atoms with Crippen LogP contribution in [-0.4, -0.2) is 19.6 Å². The number of unbranched alkanes of at least 4 members (excludes halogenated alkanes) is 1. The molecular formula is C28H24ClNO5. The number of amides is 1. The van der Waals surface area contributed by atoms with Gasteiger partial charge in [-0.05, 0) is 54.4 Å². The molecule has 2 heterocycles. The lowest BCUT2D eigenvalue weighted by molar-refractivity contribution is 0.0971. The van der Waals surface area contributed by atoms with E-state index in [1.165, 1.54) is 7.11 Å². The molecule has 7 heteroatoms. The Morgan fingerprint density at radius 1 is 1.03 bits per heavy atom. The van der Waals surface area contributed by atoms with Crippen LogP contribution in [0, 0.1) is 0 Å². The first-order valence-corrected chi connectivity index (χ1v) is 11.9. The minimum atomic E-state index is -0.687. The van der Waals surface area contributed by atoms with Crippen LogP contribution in [0.4, 0.5) is 5.69 Å². The molecule has 0 fully saturated rings. The normalized spacial score (nSPS) is 14.9. The molecule has 1 aromatic heterocycles. The zero-order valence-corrected chi connectivity index (χ0v) is 20.2. The quantitative estimate of drug-likeness (QED) is 0.281. The van der Waals surface area contributed by atoms with Crippen molar-refractivity contribution in [2.75, 3.05) is 18.6 Å². The molecule has 35 heavy (non-hydrogen) atoms. The zero-order chi connectivity index (χ0) is 24.5. The van der Waals surface area contributed by atoms with E-state index in [1.807, 2.05) is 24.3 Å². The number of nitrogens with zero attached hydrogens (tertiary/aromatic N) is 1. The molecule has 1 atom stereocenters. The highest BCUT2D eigenvalue weighted by Crippen LogP contribution is 2.43. The standard InChI is InChI=1S/C28H24ClNO5/c1-3-4-15-34-19-12-9-17(10-13-19)25-24-26(31)20-7-5-6-8-22(20)35-27(24)28(32)30(25)18-11-14-23(33-2)21(29)16-18/h5-14,16,25H,3-4,15H2,1-2H3. The fourth-order valence-electron chi connectivity index (χ4n) is 4.39. The largest absolute Gasteiger partial charge is 0.495 e. The second-order valence-corrected chi connectivity index (χ2v) is 8.74. The summed E-state index contributed by atoms with van der Waals surface area (Å²) in [5.41, 5.74) is 1.74. The van der Waals surface area contributed by atoms with Crippen molar-refractivity contribution in [2.45, 2.75) is 25.8 Å². The van der Waals surface area contributed by atoms with E-state index in [2.05, 4.69) is 6.92 Å². The van der Waals surface area contributed by atoms with Gasteiger partial charge in [-0.3, -0.25) is 14.5 Å². The number of carbonyl (C=O) groups excluding carboxylic acids is 1. The summed E-state index contributed by atoms with van der Waals surface area (Å²) in [5, 5.41) is 0.787. The Kier molecular flexibility index (Phi) is 6.22. The third kappa shape index (κ3) is 4.04. The van der Waals surface area contributed by atoms with Crippen molar-refractivity contribution in [3.63, 3.8) is 0 Å². The molecule has 0 spiro atoms. The topological polar surface area (TPSA) is 69.0 Å². The summed E-state index contributed by atoms with van der Waals surface area (Å²) >= 11 is 6.39. The van der Waals surface area contributed by atoms with E-state index < -0.39 is 11.9 Å². The van der Waals surface area contributed by atoms with Gasteiger partial charge in [-0.2, -0.15) is 0 Å². The molecule has 6 nitrogen and oxygen atoms in total. The summed E-state index contributed by atoms with van der Waals surface area (Å²) in [6.07, 6.45) is 2.01. The van der Waals surface area contributed by atoms with Gasteiger partial charge in [-0.15, -0.1) is 0 Å².